The highest BCUT2D eigenvalue weighted by molar-refractivity contribution is 7.22. The Morgan fingerprint density at radius 2 is 1.61 bits per heavy atom. The van der Waals surface area contributed by atoms with Crippen molar-refractivity contribution in [3.8, 4) is 0 Å². The second-order valence-corrected chi connectivity index (χ2v) is 9.91. The molecule has 0 N–H and O–H groups in total. The predicted molar refractivity (Wildman–Crippen MR) is 140 cm³/mol. The first-order valence-electron chi connectivity index (χ1n) is 11.4. The molecule has 0 saturated heterocycles. The van der Waals surface area contributed by atoms with Crippen molar-refractivity contribution in [1.29, 1.82) is 0 Å². The van der Waals surface area contributed by atoms with Gasteiger partial charge in [0.25, 0.3) is 5.91 Å². The fraction of sp³-hybridized carbons (Fsp3) is 0.286. The van der Waals surface area contributed by atoms with Gasteiger partial charge in [0.1, 0.15) is 0 Å². The van der Waals surface area contributed by atoms with Gasteiger partial charge in [0.05, 0.1) is 10.2 Å². The van der Waals surface area contributed by atoms with Crippen LogP contribution in [0.2, 0.25) is 0 Å². The van der Waals surface area contributed by atoms with Crippen LogP contribution in [-0.4, -0.2) is 43.0 Å². The number of thiazole rings is 1. The molecule has 0 aliphatic carbocycles. The van der Waals surface area contributed by atoms with Gasteiger partial charge in [-0.15, -0.1) is 0 Å². The van der Waals surface area contributed by atoms with Crippen molar-refractivity contribution in [3.05, 3.63) is 94.5 Å². The van der Waals surface area contributed by atoms with Crippen molar-refractivity contribution in [2.75, 3.05) is 32.1 Å². The van der Waals surface area contributed by atoms with E-state index >= 15 is 0 Å². The molecule has 1 amide bonds. The van der Waals surface area contributed by atoms with Gasteiger partial charge in [-0.1, -0.05) is 59.9 Å². The van der Waals surface area contributed by atoms with E-state index in [-0.39, 0.29) is 5.91 Å². The third kappa shape index (κ3) is 5.67. The van der Waals surface area contributed by atoms with E-state index in [4.69, 9.17) is 4.98 Å². The summed E-state index contributed by atoms with van der Waals surface area (Å²) in [6, 6.07) is 22.7. The van der Waals surface area contributed by atoms with Gasteiger partial charge in [-0.2, -0.15) is 0 Å². The maximum absolute atomic E-state index is 13.6. The van der Waals surface area contributed by atoms with E-state index in [0.29, 0.717) is 12.1 Å². The zero-order valence-electron chi connectivity index (χ0n) is 19.8. The summed E-state index contributed by atoms with van der Waals surface area (Å²) in [4.78, 5) is 22.5. The number of fused-ring (bicyclic) bond motifs is 1. The number of carbonyl (C=O) groups excluding carboxylic acids is 1. The summed E-state index contributed by atoms with van der Waals surface area (Å²) in [6.07, 6.45) is 1.75. The molecule has 33 heavy (non-hydrogen) atoms. The molecule has 5 heteroatoms. The molecule has 0 saturated carbocycles. The Morgan fingerprint density at radius 3 is 2.30 bits per heavy atom. The first-order chi connectivity index (χ1) is 15.9. The molecule has 1 aromatic heterocycles. The van der Waals surface area contributed by atoms with Crippen LogP contribution in [0, 0.1) is 13.8 Å². The highest BCUT2D eigenvalue weighted by Crippen LogP contribution is 2.32. The summed E-state index contributed by atoms with van der Waals surface area (Å²) >= 11 is 1.60. The van der Waals surface area contributed by atoms with Crippen LogP contribution in [0.4, 0.5) is 5.13 Å². The van der Waals surface area contributed by atoms with E-state index in [0.717, 1.165) is 40.3 Å². The number of hydrogen-bond acceptors (Lipinski definition) is 4. The highest BCUT2D eigenvalue weighted by Gasteiger charge is 2.22. The summed E-state index contributed by atoms with van der Waals surface area (Å²) < 4.78 is 1.13. The number of benzene rings is 3. The van der Waals surface area contributed by atoms with Gasteiger partial charge in [0.2, 0.25) is 0 Å². The molecular weight excluding hydrogens is 426 g/mol. The minimum absolute atomic E-state index is 0.00782. The van der Waals surface area contributed by atoms with E-state index in [1.807, 2.05) is 23.1 Å². The van der Waals surface area contributed by atoms with Crippen molar-refractivity contribution >= 4 is 32.6 Å². The van der Waals surface area contributed by atoms with Crippen LogP contribution in [0.15, 0.2) is 66.7 Å². The van der Waals surface area contributed by atoms with Gasteiger partial charge < -0.3 is 4.90 Å². The van der Waals surface area contributed by atoms with E-state index in [1.54, 1.807) is 11.3 Å². The van der Waals surface area contributed by atoms with E-state index in [9.17, 15) is 4.79 Å². The largest absolute Gasteiger partial charge is 0.309 e. The minimum atomic E-state index is 0.00782. The molecule has 0 bridgehead atoms. The second-order valence-electron chi connectivity index (χ2n) is 8.90. The van der Waals surface area contributed by atoms with E-state index in [2.05, 4.69) is 81.4 Å². The summed E-state index contributed by atoms with van der Waals surface area (Å²) in [5.74, 6) is 0.00782. The Morgan fingerprint density at radius 1 is 0.909 bits per heavy atom. The molecule has 4 aromatic rings. The van der Waals surface area contributed by atoms with Gasteiger partial charge >= 0.3 is 0 Å². The SMILES string of the molecule is Cc1cc(C)c2nc(N(CCCN(C)C)C(=O)c3ccc(Cc4ccccc4)cc3)sc2c1. The Balaban J connectivity index is 1.60. The summed E-state index contributed by atoms with van der Waals surface area (Å²) in [5.41, 5.74) is 6.52. The third-order valence-corrected chi connectivity index (χ3v) is 6.76. The van der Waals surface area contributed by atoms with E-state index in [1.165, 1.54) is 16.7 Å². The number of aromatic nitrogens is 1. The zero-order chi connectivity index (χ0) is 23.4. The number of carbonyl (C=O) groups is 1. The number of hydrogen-bond donors (Lipinski definition) is 0. The molecule has 0 radical (unpaired) electrons. The number of amides is 1. The van der Waals surface area contributed by atoms with Crippen molar-refractivity contribution in [2.24, 2.45) is 0 Å². The van der Waals surface area contributed by atoms with Crippen LogP contribution in [0.25, 0.3) is 10.2 Å². The van der Waals surface area contributed by atoms with Crippen LogP contribution < -0.4 is 4.90 Å². The monoisotopic (exact) mass is 457 g/mol. The number of rotatable bonds is 8. The third-order valence-electron chi connectivity index (χ3n) is 5.73. The topological polar surface area (TPSA) is 36.4 Å². The number of aryl methyl sites for hydroxylation is 2. The maximum atomic E-state index is 13.6. The van der Waals surface area contributed by atoms with Gasteiger partial charge in [0, 0.05) is 12.1 Å². The number of anilines is 1. The normalized spacial score (nSPS) is 11.3. The fourth-order valence-electron chi connectivity index (χ4n) is 4.06. The van der Waals surface area contributed by atoms with Crippen molar-refractivity contribution in [1.82, 2.24) is 9.88 Å². The molecular formula is C28H31N3OS. The number of nitrogens with zero attached hydrogens (tertiary/aromatic N) is 3. The molecule has 3 aromatic carbocycles. The van der Waals surface area contributed by atoms with Crippen molar-refractivity contribution in [2.45, 2.75) is 26.7 Å². The lowest BCUT2D eigenvalue weighted by molar-refractivity contribution is 0.0986. The van der Waals surface area contributed by atoms with Crippen LogP contribution >= 0.6 is 11.3 Å². The minimum Gasteiger partial charge on any atom is -0.309 e. The molecule has 0 aliphatic rings. The quantitative estimate of drug-likeness (QED) is 0.321. The lowest BCUT2D eigenvalue weighted by Crippen LogP contribution is -2.33. The lowest BCUT2D eigenvalue weighted by Gasteiger charge is -2.21. The summed E-state index contributed by atoms with van der Waals surface area (Å²) in [7, 11) is 4.11. The first kappa shape index (κ1) is 23.1. The molecule has 170 valence electrons. The Kier molecular flexibility index (Phi) is 7.21. The van der Waals surface area contributed by atoms with Crippen LogP contribution in [-0.2, 0) is 6.42 Å². The molecule has 1 heterocycles. The molecule has 0 unspecified atom stereocenters. The van der Waals surface area contributed by atoms with Gasteiger partial charge in [-0.25, -0.2) is 4.98 Å². The molecule has 0 aliphatic heterocycles. The fourth-order valence-corrected chi connectivity index (χ4v) is 5.22. The van der Waals surface area contributed by atoms with Crippen LogP contribution in [0.1, 0.15) is 39.0 Å². The van der Waals surface area contributed by atoms with Crippen LogP contribution in [0.5, 0.6) is 0 Å². The lowest BCUT2D eigenvalue weighted by atomic mass is 10.0. The Labute approximate surface area is 200 Å². The molecule has 0 fully saturated rings. The standard InChI is InChI=1S/C28H31N3OS/c1-20-17-21(2)26-25(18-20)33-28(29-26)31(16-8-15-30(3)4)27(32)24-13-11-23(12-14-24)19-22-9-6-5-7-10-22/h5-7,9-14,17-18H,8,15-16,19H2,1-4H3. The van der Waals surface area contributed by atoms with Gasteiger partial charge in [-0.3, -0.25) is 9.69 Å². The maximum Gasteiger partial charge on any atom is 0.260 e. The zero-order valence-corrected chi connectivity index (χ0v) is 20.7. The second kappa shape index (κ2) is 10.3. The molecule has 4 nitrogen and oxygen atoms in total. The van der Waals surface area contributed by atoms with Gasteiger partial charge in [-0.05, 0) is 87.8 Å². The smallest absolute Gasteiger partial charge is 0.260 e. The highest BCUT2D eigenvalue weighted by atomic mass is 32.1. The molecule has 0 spiro atoms. The summed E-state index contributed by atoms with van der Waals surface area (Å²) in [5, 5.41) is 0.774. The van der Waals surface area contributed by atoms with Crippen molar-refractivity contribution in [3.63, 3.8) is 0 Å². The van der Waals surface area contributed by atoms with Crippen LogP contribution in [0.3, 0.4) is 0 Å². The summed E-state index contributed by atoms with van der Waals surface area (Å²) in [6.45, 7) is 5.74. The van der Waals surface area contributed by atoms with Crippen molar-refractivity contribution < 1.29 is 4.79 Å². The van der Waals surface area contributed by atoms with Gasteiger partial charge in [0.15, 0.2) is 5.13 Å². The average molecular weight is 458 g/mol. The predicted octanol–water partition coefficient (Wildman–Crippen LogP) is 6.10. The average Bonchev–Trinajstić information content (AvgIpc) is 3.21. The Hall–Kier alpha value is -3.02. The molecule has 0 atom stereocenters. The first-order valence-corrected chi connectivity index (χ1v) is 12.2. The Bertz CT molecular complexity index is 1230. The molecule has 4 rings (SSSR count). The van der Waals surface area contributed by atoms with E-state index < -0.39 is 0 Å².